The molecule has 27 heavy (non-hydrogen) atoms. The van der Waals surface area contributed by atoms with Gasteiger partial charge in [0.25, 0.3) is 0 Å². The molecule has 1 aliphatic heterocycles. The molecular formula is C23H32N2O2. The largest absolute Gasteiger partial charge is 0.508 e. The molecular weight excluding hydrogens is 336 g/mol. The van der Waals surface area contributed by atoms with Crippen LogP contribution in [0.1, 0.15) is 43.4 Å². The summed E-state index contributed by atoms with van der Waals surface area (Å²) < 4.78 is 6.53. The highest BCUT2D eigenvalue weighted by Crippen LogP contribution is 2.44. The van der Waals surface area contributed by atoms with E-state index in [9.17, 15) is 5.11 Å². The van der Waals surface area contributed by atoms with Crippen LogP contribution < -0.4 is 10.1 Å². The van der Waals surface area contributed by atoms with Crippen LogP contribution in [0.4, 0.5) is 0 Å². The topological polar surface area (TPSA) is 44.7 Å². The maximum absolute atomic E-state index is 10.6. The number of aromatic hydroxyl groups is 1. The van der Waals surface area contributed by atoms with Gasteiger partial charge in [0.1, 0.15) is 17.7 Å². The van der Waals surface area contributed by atoms with Gasteiger partial charge in [-0.1, -0.05) is 38.1 Å². The van der Waals surface area contributed by atoms with Crippen LogP contribution in [0.25, 0.3) is 11.1 Å². The van der Waals surface area contributed by atoms with Gasteiger partial charge < -0.3 is 15.2 Å². The van der Waals surface area contributed by atoms with E-state index in [-0.39, 0.29) is 12.1 Å². The summed E-state index contributed by atoms with van der Waals surface area (Å²) in [6.07, 6.45) is -0.0459. The van der Waals surface area contributed by atoms with Crippen LogP contribution in [-0.2, 0) is 0 Å². The summed E-state index contributed by atoms with van der Waals surface area (Å²) in [5.74, 6) is 1.39. The smallest absolute Gasteiger partial charge is 0.149 e. The number of piperazine rings is 1. The monoisotopic (exact) mass is 368 g/mol. The highest BCUT2D eigenvalue weighted by atomic mass is 16.5. The number of hydrogen-bond acceptors (Lipinski definition) is 4. The lowest BCUT2D eigenvalue weighted by Gasteiger charge is -2.34. The van der Waals surface area contributed by atoms with Crippen molar-refractivity contribution in [3.05, 3.63) is 47.0 Å². The van der Waals surface area contributed by atoms with Crippen molar-refractivity contribution >= 4 is 0 Å². The molecule has 0 aliphatic carbocycles. The average molecular weight is 369 g/mol. The minimum Gasteiger partial charge on any atom is -0.508 e. The zero-order chi connectivity index (χ0) is 19.6. The second kappa shape index (κ2) is 8.32. The lowest BCUT2D eigenvalue weighted by Crippen LogP contribution is -2.49. The molecule has 1 saturated heterocycles. The Morgan fingerprint density at radius 1 is 1.07 bits per heavy atom. The molecule has 0 aromatic heterocycles. The average Bonchev–Trinajstić information content (AvgIpc) is 2.66. The Bertz CT molecular complexity index is 795. The Morgan fingerprint density at radius 2 is 1.74 bits per heavy atom. The maximum Gasteiger partial charge on any atom is 0.149 e. The maximum atomic E-state index is 10.6. The van der Waals surface area contributed by atoms with Crippen LogP contribution in [0.2, 0.25) is 0 Å². The van der Waals surface area contributed by atoms with Gasteiger partial charge in [-0.05, 0) is 49.4 Å². The summed E-state index contributed by atoms with van der Waals surface area (Å²) in [5, 5.41) is 14.0. The van der Waals surface area contributed by atoms with Crippen molar-refractivity contribution < 1.29 is 9.84 Å². The summed E-state index contributed by atoms with van der Waals surface area (Å²) in [5.41, 5.74) is 5.42. The summed E-state index contributed by atoms with van der Waals surface area (Å²) >= 11 is 0. The van der Waals surface area contributed by atoms with E-state index in [4.69, 9.17) is 4.74 Å². The van der Waals surface area contributed by atoms with Crippen LogP contribution in [0.15, 0.2) is 30.3 Å². The normalized spacial score (nSPS) is 16.5. The molecule has 1 atom stereocenters. The van der Waals surface area contributed by atoms with Gasteiger partial charge in [0.15, 0.2) is 0 Å². The summed E-state index contributed by atoms with van der Waals surface area (Å²) in [6, 6.07) is 10.3. The standard InChI is InChI=1S/C23H32N2O2/c1-15(2)20-14-21(26)17(4)23(22(20)19-9-7-6-8-16(19)3)27-18(5)25-12-10-24-11-13-25/h6-9,14-15,18,24,26H,10-13H2,1-5H3. The van der Waals surface area contributed by atoms with E-state index < -0.39 is 0 Å². The summed E-state index contributed by atoms with van der Waals surface area (Å²) in [7, 11) is 0. The van der Waals surface area contributed by atoms with E-state index in [0.29, 0.717) is 5.75 Å². The fraction of sp³-hybridized carbons (Fsp3) is 0.478. The molecule has 2 N–H and O–H groups in total. The van der Waals surface area contributed by atoms with E-state index in [1.807, 2.05) is 13.0 Å². The van der Waals surface area contributed by atoms with Crippen molar-refractivity contribution in [3.63, 3.8) is 0 Å². The summed E-state index contributed by atoms with van der Waals surface area (Å²) in [6.45, 7) is 14.4. The number of phenols is 1. The van der Waals surface area contributed by atoms with E-state index in [1.165, 1.54) is 11.1 Å². The second-order valence-electron chi connectivity index (χ2n) is 7.79. The van der Waals surface area contributed by atoms with Crippen molar-refractivity contribution in [1.29, 1.82) is 0 Å². The SMILES string of the molecule is Cc1ccccc1-c1c(C(C)C)cc(O)c(C)c1OC(C)N1CCNCC1. The van der Waals surface area contributed by atoms with Crippen LogP contribution in [0, 0.1) is 13.8 Å². The minimum atomic E-state index is -0.0459. The second-order valence-corrected chi connectivity index (χ2v) is 7.79. The predicted octanol–water partition coefficient (Wildman–Crippen LogP) is 4.43. The fourth-order valence-corrected chi connectivity index (χ4v) is 3.79. The molecule has 0 amide bonds. The highest BCUT2D eigenvalue weighted by Gasteiger charge is 2.25. The Balaban J connectivity index is 2.12. The van der Waals surface area contributed by atoms with Gasteiger partial charge >= 0.3 is 0 Å². The molecule has 1 unspecified atom stereocenters. The Kier molecular flexibility index (Phi) is 6.08. The molecule has 3 rings (SSSR count). The van der Waals surface area contributed by atoms with Crippen molar-refractivity contribution in [2.75, 3.05) is 26.2 Å². The van der Waals surface area contributed by atoms with E-state index in [2.05, 4.69) is 62.2 Å². The molecule has 2 aromatic rings. The minimum absolute atomic E-state index is 0.0459. The first-order valence-corrected chi connectivity index (χ1v) is 9.94. The number of hydrogen-bond donors (Lipinski definition) is 2. The van der Waals surface area contributed by atoms with Crippen molar-refractivity contribution in [1.82, 2.24) is 10.2 Å². The molecule has 2 aromatic carbocycles. The third-order valence-electron chi connectivity index (χ3n) is 5.52. The third-order valence-corrected chi connectivity index (χ3v) is 5.52. The van der Waals surface area contributed by atoms with E-state index in [0.717, 1.165) is 48.6 Å². The van der Waals surface area contributed by atoms with Gasteiger partial charge in [0.05, 0.1) is 0 Å². The van der Waals surface area contributed by atoms with Crippen LogP contribution in [-0.4, -0.2) is 42.4 Å². The number of nitrogens with zero attached hydrogens (tertiary/aromatic N) is 1. The molecule has 1 heterocycles. The van der Waals surface area contributed by atoms with Crippen LogP contribution >= 0.6 is 0 Å². The number of rotatable bonds is 5. The van der Waals surface area contributed by atoms with Gasteiger partial charge in [-0.3, -0.25) is 4.90 Å². The molecule has 0 saturated carbocycles. The zero-order valence-electron chi connectivity index (χ0n) is 17.2. The quantitative estimate of drug-likeness (QED) is 0.819. The molecule has 146 valence electrons. The lowest BCUT2D eigenvalue weighted by atomic mass is 9.88. The zero-order valence-corrected chi connectivity index (χ0v) is 17.2. The molecule has 4 nitrogen and oxygen atoms in total. The molecule has 0 radical (unpaired) electrons. The van der Waals surface area contributed by atoms with Crippen LogP contribution in [0.5, 0.6) is 11.5 Å². The predicted molar refractivity (Wildman–Crippen MR) is 112 cm³/mol. The van der Waals surface area contributed by atoms with Gasteiger partial charge in [0, 0.05) is 37.3 Å². The lowest BCUT2D eigenvalue weighted by molar-refractivity contribution is 0.0309. The first-order valence-electron chi connectivity index (χ1n) is 9.94. The van der Waals surface area contributed by atoms with Crippen LogP contribution in [0.3, 0.4) is 0 Å². The van der Waals surface area contributed by atoms with Crippen molar-refractivity contribution in [2.24, 2.45) is 0 Å². The Hall–Kier alpha value is -2.04. The van der Waals surface area contributed by atoms with E-state index in [1.54, 1.807) is 0 Å². The van der Waals surface area contributed by atoms with Gasteiger partial charge in [0.2, 0.25) is 0 Å². The van der Waals surface area contributed by atoms with Gasteiger partial charge in [-0.15, -0.1) is 0 Å². The Labute approximate surface area is 163 Å². The fourth-order valence-electron chi connectivity index (χ4n) is 3.79. The molecule has 1 aliphatic rings. The number of aryl methyl sites for hydroxylation is 1. The van der Waals surface area contributed by atoms with Gasteiger partial charge in [-0.25, -0.2) is 0 Å². The number of benzene rings is 2. The Morgan fingerprint density at radius 3 is 2.37 bits per heavy atom. The number of nitrogens with one attached hydrogen (secondary N) is 1. The number of ether oxygens (including phenoxy) is 1. The highest BCUT2D eigenvalue weighted by molar-refractivity contribution is 5.80. The molecule has 1 fully saturated rings. The molecule has 0 bridgehead atoms. The number of phenolic OH excluding ortho intramolecular Hbond substituents is 1. The van der Waals surface area contributed by atoms with Crippen molar-refractivity contribution in [3.8, 4) is 22.6 Å². The molecule has 0 spiro atoms. The first-order chi connectivity index (χ1) is 12.9. The first kappa shape index (κ1) is 19.7. The third kappa shape index (κ3) is 4.12. The van der Waals surface area contributed by atoms with Crippen molar-refractivity contribution in [2.45, 2.75) is 46.8 Å². The van der Waals surface area contributed by atoms with Gasteiger partial charge in [-0.2, -0.15) is 0 Å². The van der Waals surface area contributed by atoms with E-state index >= 15 is 0 Å². The molecule has 4 heteroatoms. The summed E-state index contributed by atoms with van der Waals surface area (Å²) in [4.78, 5) is 2.34.